The topological polar surface area (TPSA) is 61.5 Å². The summed E-state index contributed by atoms with van der Waals surface area (Å²) in [5.41, 5.74) is 4.91. The minimum atomic E-state index is -2.99. The summed E-state index contributed by atoms with van der Waals surface area (Å²) >= 11 is 0. The Morgan fingerprint density at radius 3 is 2.15 bits per heavy atom. The van der Waals surface area contributed by atoms with E-state index in [9.17, 15) is 4.57 Å². The molecule has 0 aromatic rings. The molecule has 0 radical (unpaired) electrons. The molecule has 0 aliphatic heterocycles. The third kappa shape index (κ3) is 3.94. The quantitative estimate of drug-likeness (QED) is 0.677. The first-order valence-electron chi connectivity index (χ1n) is 4.37. The third-order valence-corrected chi connectivity index (χ3v) is 3.91. The van der Waals surface area contributed by atoms with Crippen molar-refractivity contribution in [2.45, 2.75) is 26.4 Å². The molecule has 0 rings (SSSR count). The molecular formula is C8H18NO3P. The first-order valence-corrected chi connectivity index (χ1v) is 5.99. The van der Waals surface area contributed by atoms with Crippen molar-refractivity contribution >= 4 is 7.60 Å². The molecule has 0 aliphatic rings. The third-order valence-electron chi connectivity index (χ3n) is 1.51. The van der Waals surface area contributed by atoms with Gasteiger partial charge in [-0.3, -0.25) is 4.57 Å². The van der Waals surface area contributed by atoms with Crippen molar-refractivity contribution in [1.29, 1.82) is 0 Å². The summed E-state index contributed by atoms with van der Waals surface area (Å²) in [6, 6.07) is 0. The van der Waals surface area contributed by atoms with Gasteiger partial charge in [0.1, 0.15) is 0 Å². The van der Waals surface area contributed by atoms with Crippen molar-refractivity contribution in [2.24, 2.45) is 5.73 Å². The molecule has 4 nitrogen and oxygen atoms in total. The molecule has 2 N–H and O–H groups in total. The second-order valence-corrected chi connectivity index (χ2v) is 4.91. The van der Waals surface area contributed by atoms with Gasteiger partial charge in [-0.2, -0.15) is 0 Å². The largest absolute Gasteiger partial charge is 0.405 e. The van der Waals surface area contributed by atoms with Crippen molar-refractivity contribution in [1.82, 2.24) is 0 Å². The van der Waals surface area contributed by atoms with Crippen LogP contribution in [0.2, 0.25) is 0 Å². The zero-order valence-electron chi connectivity index (χ0n) is 8.40. The van der Waals surface area contributed by atoms with Gasteiger partial charge in [0.15, 0.2) is 0 Å². The molecule has 0 aromatic carbocycles. The second kappa shape index (κ2) is 6.19. The van der Waals surface area contributed by atoms with Crippen LogP contribution >= 0.6 is 7.60 Å². The summed E-state index contributed by atoms with van der Waals surface area (Å²) in [6.07, 6.45) is 2.97. The maximum absolute atomic E-state index is 12.0. The second-order valence-electron chi connectivity index (χ2n) is 2.50. The number of nitrogens with two attached hydrogens (primary N) is 1. The van der Waals surface area contributed by atoms with Crippen LogP contribution < -0.4 is 5.73 Å². The van der Waals surface area contributed by atoms with Gasteiger partial charge in [0.25, 0.3) is 0 Å². The zero-order valence-corrected chi connectivity index (χ0v) is 9.29. The Morgan fingerprint density at radius 1 is 1.38 bits per heavy atom. The highest BCUT2D eigenvalue weighted by Crippen LogP contribution is 2.53. The lowest BCUT2D eigenvalue weighted by molar-refractivity contribution is 0.216. The van der Waals surface area contributed by atoms with E-state index in [-0.39, 0.29) is 5.66 Å². The summed E-state index contributed by atoms with van der Waals surface area (Å²) in [5.74, 6) is 0. The van der Waals surface area contributed by atoms with E-state index in [1.807, 2.05) is 0 Å². The fraction of sp³-hybridized carbons (Fsp3) is 0.750. The summed E-state index contributed by atoms with van der Waals surface area (Å²) in [5, 5.41) is 0. The van der Waals surface area contributed by atoms with E-state index in [4.69, 9.17) is 14.8 Å². The molecule has 5 heteroatoms. The lowest BCUT2D eigenvalue weighted by Crippen LogP contribution is -2.07. The van der Waals surface area contributed by atoms with Crippen molar-refractivity contribution in [3.8, 4) is 0 Å². The maximum atomic E-state index is 12.0. The predicted molar refractivity (Wildman–Crippen MR) is 53.6 cm³/mol. The van der Waals surface area contributed by atoms with Gasteiger partial charge in [0, 0.05) is 0 Å². The van der Waals surface area contributed by atoms with Crippen LogP contribution in [-0.4, -0.2) is 18.9 Å². The number of hydrogen-bond donors (Lipinski definition) is 1. The zero-order chi connectivity index (χ0) is 10.3. The van der Waals surface area contributed by atoms with Gasteiger partial charge in [-0.15, -0.1) is 0 Å². The van der Waals surface area contributed by atoms with Gasteiger partial charge in [-0.05, 0) is 27.0 Å². The van der Waals surface area contributed by atoms with Gasteiger partial charge in [-0.25, -0.2) is 0 Å². The Kier molecular flexibility index (Phi) is 6.04. The van der Waals surface area contributed by atoms with E-state index in [0.29, 0.717) is 13.2 Å². The van der Waals surface area contributed by atoms with E-state index in [1.165, 1.54) is 6.20 Å². The Morgan fingerprint density at radius 2 is 1.85 bits per heavy atom. The van der Waals surface area contributed by atoms with E-state index in [0.717, 1.165) is 0 Å². The van der Waals surface area contributed by atoms with Crippen molar-refractivity contribution < 1.29 is 13.6 Å². The molecule has 13 heavy (non-hydrogen) atoms. The number of allylic oxidation sites excluding steroid dienone is 1. The summed E-state index contributed by atoms with van der Waals surface area (Å²) in [7, 11) is -2.99. The van der Waals surface area contributed by atoms with Crippen LogP contribution in [0.4, 0.5) is 0 Å². The Balaban J connectivity index is 4.46. The van der Waals surface area contributed by atoms with Gasteiger partial charge < -0.3 is 14.8 Å². The molecule has 0 saturated heterocycles. The minimum absolute atomic E-state index is 0.294. The Bertz CT molecular complexity index is 196. The highest BCUT2D eigenvalue weighted by Gasteiger charge is 2.29. The molecule has 0 bridgehead atoms. The van der Waals surface area contributed by atoms with E-state index in [1.54, 1.807) is 26.8 Å². The summed E-state index contributed by atoms with van der Waals surface area (Å²) in [4.78, 5) is 0. The van der Waals surface area contributed by atoms with Gasteiger partial charge in [0.05, 0.1) is 18.9 Å². The highest BCUT2D eigenvalue weighted by atomic mass is 31.2. The molecule has 0 saturated carbocycles. The van der Waals surface area contributed by atoms with E-state index in [2.05, 4.69) is 0 Å². The first kappa shape index (κ1) is 12.7. The van der Waals surface area contributed by atoms with Crippen LogP contribution in [0.1, 0.15) is 20.8 Å². The molecule has 1 atom stereocenters. The molecular weight excluding hydrogens is 189 g/mol. The minimum Gasteiger partial charge on any atom is -0.405 e. The van der Waals surface area contributed by atoms with E-state index < -0.39 is 7.60 Å². The van der Waals surface area contributed by atoms with Crippen LogP contribution in [0.15, 0.2) is 12.3 Å². The summed E-state index contributed by atoms with van der Waals surface area (Å²) < 4.78 is 22.2. The fourth-order valence-electron chi connectivity index (χ4n) is 0.899. The molecule has 0 spiro atoms. The lowest BCUT2D eigenvalue weighted by Gasteiger charge is -2.20. The fourth-order valence-corrected chi connectivity index (χ4v) is 2.47. The van der Waals surface area contributed by atoms with Crippen molar-refractivity contribution in [3.63, 3.8) is 0 Å². The van der Waals surface area contributed by atoms with Crippen LogP contribution in [0.3, 0.4) is 0 Å². The average Bonchev–Trinajstić information content (AvgIpc) is 2.05. The number of hydrogen-bond acceptors (Lipinski definition) is 4. The SMILES string of the molecule is CCOP(=O)(OCC)C(C)/C=C/N. The monoisotopic (exact) mass is 207 g/mol. The molecule has 0 amide bonds. The van der Waals surface area contributed by atoms with Crippen LogP contribution in [-0.2, 0) is 13.6 Å². The average molecular weight is 207 g/mol. The van der Waals surface area contributed by atoms with Crippen molar-refractivity contribution in [3.05, 3.63) is 12.3 Å². The molecule has 0 heterocycles. The smallest absolute Gasteiger partial charge is 0.337 e. The van der Waals surface area contributed by atoms with Gasteiger partial charge in [0.2, 0.25) is 0 Å². The van der Waals surface area contributed by atoms with Crippen LogP contribution in [0, 0.1) is 0 Å². The normalized spacial score (nSPS) is 15.0. The molecule has 78 valence electrons. The number of rotatable bonds is 6. The van der Waals surface area contributed by atoms with E-state index >= 15 is 0 Å². The molecule has 0 fully saturated rings. The van der Waals surface area contributed by atoms with Crippen molar-refractivity contribution in [2.75, 3.05) is 13.2 Å². The van der Waals surface area contributed by atoms with Crippen LogP contribution in [0.5, 0.6) is 0 Å². The summed E-state index contributed by atoms with van der Waals surface area (Å²) in [6.45, 7) is 6.07. The standard InChI is InChI=1S/C8H18NO3P/c1-4-11-13(10,12-5-2)8(3)6-7-9/h6-8H,4-5,9H2,1-3H3/b7-6+. The predicted octanol–water partition coefficient (Wildman–Crippen LogP) is 2.11. The van der Waals surface area contributed by atoms with Crippen LogP contribution in [0.25, 0.3) is 0 Å². The first-order chi connectivity index (χ1) is 6.10. The van der Waals surface area contributed by atoms with Gasteiger partial charge in [-0.1, -0.05) is 6.08 Å². The molecule has 1 unspecified atom stereocenters. The molecule has 0 aliphatic carbocycles. The maximum Gasteiger partial charge on any atom is 0.337 e. The Labute approximate surface area is 79.6 Å². The molecule has 0 aromatic heterocycles. The highest BCUT2D eigenvalue weighted by molar-refractivity contribution is 7.54. The Hall–Kier alpha value is -0.310. The van der Waals surface area contributed by atoms with Gasteiger partial charge >= 0.3 is 7.60 Å². The lowest BCUT2D eigenvalue weighted by atomic mass is 10.5.